The van der Waals surface area contributed by atoms with Gasteiger partial charge in [-0.15, -0.1) is 0 Å². The molecule has 0 N–H and O–H groups in total. The fourth-order valence-corrected chi connectivity index (χ4v) is 7.37. The van der Waals surface area contributed by atoms with Gasteiger partial charge in [0.25, 0.3) is 5.09 Å². The zero-order chi connectivity index (χ0) is 22.2. The van der Waals surface area contributed by atoms with Gasteiger partial charge in [0.05, 0.1) is 10.1 Å². The Morgan fingerprint density at radius 1 is 0.968 bits per heavy atom. The van der Waals surface area contributed by atoms with E-state index in [9.17, 15) is 21.2 Å². The number of benzene rings is 2. The van der Waals surface area contributed by atoms with E-state index in [0.29, 0.717) is 17.9 Å². The smallest absolute Gasteiger partial charge is 0.258 e. The molecule has 0 spiro atoms. The van der Waals surface area contributed by atoms with Gasteiger partial charge >= 0.3 is 0 Å². The van der Waals surface area contributed by atoms with Crippen molar-refractivity contribution < 1.29 is 25.6 Å². The van der Waals surface area contributed by atoms with E-state index in [1.807, 2.05) is 0 Å². The lowest BCUT2D eigenvalue weighted by Crippen LogP contribution is -2.25. The van der Waals surface area contributed by atoms with Crippen LogP contribution in [-0.4, -0.2) is 27.1 Å². The number of aromatic nitrogens is 1. The van der Waals surface area contributed by atoms with Crippen LogP contribution in [0.3, 0.4) is 0 Å². The van der Waals surface area contributed by atoms with Crippen molar-refractivity contribution in [2.45, 2.75) is 52.4 Å². The largest absolute Gasteiger partial charge is 0.423 e. The van der Waals surface area contributed by atoms with Crippen LogP contribution in [0.25, 0.3) is 11.5 Å². The number of hydrogen-bond donors (Lipinski definition) is 0. The van der Waals surface area contributed by atoms with E-state index < -0.39 is 40.9 Å². The second-order valence-electron chi connectivity index (χ2n) is 7.38. The molecule has 31 heavy (non-hydrogen) atoms. The van der Waals surface area contributed by atoms with E-state index in [-0.39, 0.29) is 16.3 Å². The number of hydrogen-bond acceptors (Lipinski definition) is 6. The monoisotopic (exact) mass is 483 g/mol. The van der Waals surface area contributed by atoms with Crippen LogP contribution in [0.5, 0.6) is 0 Å². The van der Waals surface area contributed by atoms with Gasteiger partial charge in [0, 0.05) is 10.6 Å². The van der Waals surface area contributed by atoms with Crippen LogP contribution >= 0.6 is 11.6 Å². The van der Waals surface area contributed by atoms with Gasteiger partial charge in [-0.25, -0.2) is 21.2 Å². The quantitative estimate of drug-likeness (QED) is 0.502. The number of rotatable bonds is 5. The molecule has 1 aliphatic rings. The highest BCUT2D eigenvalue weighted by Crippen LogP contribution is 2.37. The van der Waals surface area contributed by atoms with E-state index in [1.165, 1.54) is 42.5 Å². The molecular formula is C21H19ClFNO5S2. The van der Waals surface area contributed by atoms with E-state index in [0.717, 1.165) is 25.3 Å². The fraction of sp³-hybridized carbons (Fsp3) is 0.286. The average Bonchev–Trinajstić information content (AvgIpc) is 3.22. The molecule has 0 atom stereocenters. The number of nitrogens with zero attached hydrogens (tertiary/aromatic N) is 1. The Kier molecular flexibility index (Phi) is 5.93. The first-order chi connectivity index (χ1) is 14.7. The van der Waals surface area contributed by atoms with Gasteiger partial charge in [0.15, 0.2) is 0 Å². The first kappa shape index (κ1) is 22.0. The number of halogens is 2. The molecule has 6 nitrogen and oxygen atoms in total. The van der Waals surface area contributed by atoms with Crippen LogP contribution in [-0.2, 0) is 19.7 Å². The van der Waals surface area contributed by atoms with E-state index in [1.54, 1.807) is 0 Å². The zero-order valence-corrected chi connectivity index (χ0v) is 18.7. The van der Waals surface area contributed by atoms with Crippen molar-refractivity contribution in [3.8, 4) is 11.5 Å². The Balaban J connectivity index is 1.91. The Bertz CT molecular complexity index is 1310. The summed E-state index contributed by atoms with van der Waals surface area (Å²) < 4.78 is 72.6. The van der Waals surface area contributed by atoms with Crippen LogP contribution in [0, 0.1) is 5.82 Å². The van der Waals surface area contributed by atoms with Gasteiger partial charge < -0.3 is 4.42 Å². The number of oxazole rings is 1. The molecule has 1 saturated carbocycles. The third-order valence-electron chi connectivity index (χ3n) is 5.27. The van der Waals surface area contributed by atoms with Crippen LogP contribution in [0.2, 0.25) is 5.02 Å². The summed E-state index contributed by atoms with van der Waals surface area (Å²) in [6, 6.07) is 10.5. The van der Waals surface area contributed by atoms with Crippen molar-refractivity contribution in [1.29, 1.82) is 0 Å². The summed E-state index contributed by atoms with van der Waals surface area (Å²) in [4.78, 5) is 3.85. The van der Waals surface area contributed by atoms with E-state index >= 15 is 0 Å². The van der Waals surface area contributed by atoms with Gasteiger partial charge in [0.1, 0.15) is 5.82 Å². The molecule has 4 rings (SSSR count). The highest BCUT2D eigenvalue weighted by atomic mass is 35.5. The van der Waals surface area contributed by atoms with Gasteiger partial charge in [-0.1, -0.05) is 36.9 Å². The van der Waals surface area contributed by atoms with Crippen LogP contribution < -0.4 is 0 Å². The van der Waals surface area contributed by atoms with Crippen molar-refractivity contribution in [2.75, 3.05) is 0 Å². The summed E-state index contributed by atoms with van der Waals surface area (Å²) in [7, 11) is -8.46. The normalized spacial score (nSPS) is 15.8. The predicted molar refractivity (Wildman–Crippen MR) is 113 cm³/mol. The molecule has 0 bridgehead atoms. The predicted octanol–water partition coefficient (Wildman–Crippen LogP) is 5.07. The molecule has 1 aliphatic carbocycles. The Hall–Kier alpha value is -2.23. The molecule has 164 valence electrons. The highest BCUT2D eigenvalue weighted by Gasteiger charge is 2.40. The topological polar surface area (TPSA) is 94.3 Å². The summed E-state index contributed by atoms with van der Waals surface area (Å²) in [5, 5.41) is -1.82. The molecule has 0 unspecified atom stereocenters. The maximum Gasteiger partial charge on any atom is 0.258 e. The van der Waals surface area contributed by atoms with Crippen molar-refractivity contribution in [2.24, 2.45) is 0 Å². The maximum absolute atomic E-state index is 13.7. The van der Waals surface area contributed by atoms with E-state index in [4.69, 9.17) is 16.0 Å². The van der Waals surface area contributed by atoms with Crippen molar-refractivity contribution >= 4 is 31.3 Å². The van der Waals surface area contributed by atoms with Gasteiger partial charge in [-0.2, -0.15) is 4.98 Å². The third kappa shape index (κ3) is 4.26. The minimum Gasteiger partial charge on any atom is -0.423 e. The summed E-state index contributed by atoms with van der Waals surface area (Å²) >= 11 is 5.85. The summed E-state index contributed by atoms with van der Waals surface area (Å²) in [6.07, 6.45) is 3.21. The van der Waals surface area contributed by atoms with Crippen molar-refractivity contribution in [3.05, 3.63) is 59.4 Å². The lowest BCUT2D eigenvalue weighted by Gasteiger charge is -2.20. The summed E-state index contributed by atoms with van der Waals surface area (Å²) in [5.74, 6) is -0.865. The molecule has 0 amide bonds. The second-order valence-corrected chi connectivity index (χ2v) is 11.8. The molecule has 2 aromatic carbocycles. The fourth-order valence-electron chi connectivity index (χ4n) is 3.64. The lowest BCUT2D eigenvalue weighted by molar-refractivity contribution is 0.425. The lowest BCUT2D eigenvalue weighted by atomic mass is 10.0. The molecule has 0 aliphatic heterocycles. The standard InChI is InChI=1S/C21H19ClFNO5S2/c22-15-9-11-18(12-10-15)30(25,26)20-21(31(27,28)17-7-2-1-3-8-17)29-19(24-20)14-5-4-6-16(23)13-14/h4-6,9-13,17H,1-3,7-8H2. The average molecular weight is 484 g/mol. The molecule has 1 aromatic heterocycles. The van der Waals surface area contributed by atoms with Crippen LogP contribution in [0.1, 0.15) is 32.1 Å². The third-order valence-corrected chi connectivity index (χ3v) is 9.47. The Morgan fingerprint density at radius 3 is 2.29 bits per heavy atom. The van der Waals surface area contributed by atoms with Gasteiger partial charge in [0.2, 0.25) is 30.6 Å². The number of sulfone groups is 2. The van der Waals surface area contributed by atoms with Crippen molar-refractivity contribution in [3.63, 3.8) is 0 Å². The van der Waals surface area contributed by atoms with Crippen molar-refractivity contribution in [1.82, 2.24) is 4.98 Å². The van der Waals surface area contributed by atoms with E-state index in [2.05, 4.69) is 4.98 Å². The van der Waals surface area contributed by atoms with Gasteiger partial charge in [-0.05, 0) is 55.3 Å². The first-order valence-corrected chi connectivity index (χ1v) is 13.1. The minimum atomic E-state index is -4.34. The molecule has 1 heterocycles. The molecule has 3 aromatic rings. The molecule has 1 fully saturated rings. The summed E-state index contributed by atoms with van der Waals surface area (Å²) in [5.41, 5.74) is 0.137. The highest BCUT2D eigenvalue weighted by molar-refractivity contribution is 7.94. The molecule has 10 heteroatoms. The SMILES string of the molecule is O=S(=O)(c1ccc(Cl)cc1)c1nc(-c2cccc(F)c2)oc1S(=O)(=O)C1CCCCC1. The maximum atomic E-state index is 13.7. The Labute approximate surface area is 184 Å². The molecule has 0 saturated heterocycles. The molecular weight excluding hydrogens is 465 g/mol. The Morgan fingerprint density at radius 2 is 1.65 bits per heavy atom. The second kappa shape index (κ2) is 8.37. The van der Waals surface area contributed by atoms with Crippen LogP contribution in [0.4, 0.5) is 4.39 Å². The minimum absolute atomic E-state index is 0.137. The van der Waals surface area contributed by atoms with Crippen LogP contribution in [0.15, 0.2) is 68.0 Å². The zero-order valence-electron chi connectivity index (χ0n) is 16.3. The summed E-state index contributed by atoms with van der Waals surface area (Å²) in [6.45, 7) is 0. The first-order valence-electron chi connectivity index (χ1n) is 9.71. The molecule has 0 radical (unpaired) electrons. The van der Waals surface area contributed by atoms with Gasteiger partial charge in [-0.3, -0.25) is 0 Å².